The highest BCUT2D eigenvalue weighted by Gasteiger charge is 2.15. The smallest absolute Gasteiger partial charge is 0.261 e. The highest BCUT2D eigenvalue weighted by molar-refractivity contribution is 7.23. The van der Waals surface area contributed by atoms with Gasteiger partial charge in [-0.05, 0) is 34.4 Å². The van der Waals surface area contributed by atoms with Gasteiger partial charge in [0.25, 0.3) is 5.91 Å². The lowest BCUT2D eigenvalue weighted by Gasteiger charge is -2.06. The molecular weight excluding hydrogens is 356 g/mol. The molecule has 1 aromatic heterocycles. The number of anilines is 1. The Morgan fingerprint density at radius 3 is 2.41 bits per heavy atom. The minimum absolute atomic E-state index is 0.0437. The van der Waals surface area contributed by atoms with E-state index in [4.69, 9.17) is 0 Å². The number of aromatic nitrogens is 1. The minimum atomic E-state index is -0.374. The molecule has 0 aliphatic carbocycles. The second kappa shape index (κ2) is 6.07. The van der Waals surface area contributed by atoms with Gasteiger partial charge in [0.2, 0.25) is 0 Å². The molecule has 4 nitrogen and oxygen atoms in total. The maximum atomic E-state index is 12.7. The first-order chi connectivity index (χ1) is 13.2. The van der Waals surface area contributed by atoms with Gasteiger partial charge in [-0.3, -0.25) is 10.1 Å². The predicted molar refractivity (Wildman–Crippen MR) is 111 cm³/mol. The molecule has 0 bridgehead atoms. The largest absolute Gasteiger partial charge is 0.507 e. The Kier molecular flexibility index (Phi) is 3.55. The van der Waals surface area contributed by atoms with Crippen molar-refractivity contribution in [3.8, 4) is 5.75 Å². The molecule has 1 amide bonds. The van der Waals surface area contributed by atoms with Crippen LogP contribution in [0.2, 0.25) is 0 Å². The van der Waals surface area contributed by atoms with E-state index in [2.05, 4.69) is 22.4 Å². The van der Waals surface area contributed by atoms with Gasteiger partial charge in [0, 0.05) is 5.39 Å². The number of hydrogen-bond acceptors (Lipinski definition) is 4. The molecule has 27 heavy (non-hydrogen) atoms. The van der Waals surface area contributed by atoms with Crippen molar-refractivity contribution in [2.75, 3.05) is 5.32 Å². The number of phenolic OH excluding ortho intramolecular Hbond substituents is 1. The van der Waals surface area contributed by atoms with Crippen LogP contribution >= 0.6 is 11.3 Å². The van der Waals surface area contributed by atoms with Crippen LogP contribution in [0.3, 0.4) is 0 Å². The van der Waals surface area contributed by atoms with Gasteiger partial charge in [0.05, 0.1) is 15.8 Å². The number of nitrogens with one attached hydrogen (secondary N) is 1. The van der Waals surface area contributed by atoms with Crippen LogP contribution in [-0.4, -0.2) is 16.0 Å². The summed E-state index contributed by atoms with van der Waals surface area (Å²) in [5.41, 5.74) is 1.08. The average molecular weight is 370 g/mol. The topological polar surface area (TPSA) is 62.2 Å². The van der Waals surface area contributed by atoms with E-state index in [1.54, 1.807) is 12.1 Å². The van der Waals surface area contributed by atoms with E-state index in [0.29, 0.717) is 5.13 Å². The number of nitrogens with zero attached hydrogens (tertiary/aromatic N) is 1. The Morgan fingerprint density at radius 2 is 1.59 bits per heavy atom. The van der Waals surface area contributed by atoms with Gasteiger partial charge in [-0.25, -0.2) is 4.98 Å². The van der Waals surface area contributed by atoms with Crippen molar-refractivity contribution >= 4 is 54.1 Å². The molecule has 0 fully saturated rings. The molecule has 0 atom stereocenters. The van der Waals surface area contributed by atoms with Crippen LogP contribution in [-0.2, 0) is 0 Å². The van der Waals surface area contributed by atoms with Gasteiger partial charge in [0.1, 0.15) is 5.75 Å². The third kappa shape index (κ3) is 2.69. The zero-order valence-corrected chi connectivity index (χ0v) is 15.0. The number of benzene rings is 4. The molecule has 4 aromatic carbocycles. The van der Waals surface area contributed by atoms with Gasteiger partial charge >= 0.3 is 0 Å². The second-order valence-corrected chi connectivity index (χ2v) is 7.32. The van der Waals surface area contributed by atoms with Crippen LogP contribution in [0.4, 0.5) is 5.13 Å². The molecule has 5 aromatic rings. The van der Waals surface area contributed by atoms with Crippen molar-refractivity contribution in [2.45, 2.75) is 0 Å². The fourth-order valence-electron chi connectivity index (χ4n) is 3.28. The summed E-state index contributed by atoms with van der Waals surface area (Å²) in [6.07, 6.45) is 0. The fourth-order valence-corrected chi connectivity index (χ4v) is 4.28. The standard InChI is InChI=1S/C22H14N2O2S/c25-19-12-15-7-2-1-6-14(15)11-17(19)21(26)24-22-23-18-10-9-13-5-3-4-8-16(13)20(18)27-22/h1-12,25H,(H,23,24,26). The molecule has 1 heterocycles. The molecule has 5 heteroatoms. The summed E-state index contributed by atoms with van der Waals surface area (Å²) in [5.74, 6) is -0.417. The van der Waals surface area contributed by atoms with Crippen molar-refractivity contribution in [2.24, 2.45) is 0 Å². The number of fused-ring (bicyclic) bond motifs is 4. The number of thiazole rings is 1. The quantitative estimate of drug-likeness (QED) is 0.428. The SMILES string of the molecule is O=C(Nc1nc2ccc3ccccc3c2s1)c1cc2ccccc2cc1O. The minimum Gasteiger partial charge on any atom is -0.507 e. The van der Waals surface area contributed by atoms with E-state index in [1.807, 2.05) is 48.5 Å². The van der Waals surface area contributed by atoms with E-state index in [1.165, 1.54) is 11.3 Å². The number of carbonyl (C=O) groups is 1. The van der Waals surface area contributed by atoms with Gasteiger partial charge in [-0.2, -0.15) is 0 Å². The molecular formula is C22H14N2O2S. The van der Waals surface area contributed by atoms with Crippen LogP contribution in [0.1, 0.15) is 10.4 Å². The number of hydrogen-bond donors (Lipinski definition) is 2. The van der Waals surface area contributed by atoms with Crippen molar-refractivity contribution < 1.29 is 9.90 Å². The summed E-state index contributed by atoms with van der Waals surface area (Å²) in [6, 6.07) is 23.0. The molecule has 0 aliphatic heterocycles. The third-order valence-corrected chi connectivity index (χ3v) is 5.63. The summed E-state index contributed by atoms with van der Waals surface area (Å²) in [7, 11) is 0. The van der Waals surface area contributed by atoms with Crippen molar-refractivity contribution in [1.82, 2.24) is 4.98 Å². The Bertz CT molecular complexity index is 1340. The molecule has 0 aliphatic rings. The summed E-state index contributed by atoms with van der Waals surface area (Å²) in [6.45, 7) is 0. The maximum absolute atomic E-state index is 12.7. The number of rotatable bonds is 2. The average Bonchev–Trinajstić information content (AvgIpc) is 3.10. The summed E-state index contributed by atoms with van der Waals surface area (Å²) < 4.78 is 1.03. The van der Waals surface area contributed by atoms with Gasteiger partial charge < -0.3 is 5.11 Å². The number of phenols is 1. The molecule has 0 spiro atoms. The normalized spacial score (nSPS) is 11.3. The zero-order valence-electron chi connectivity index (χ0n) is 14.1. The number of carbonyl (C=O) groups excluding carboxylic acids is 1. The fraction of sp³-hybridized carbons (Fsp3) is 0. The Morgan fingerprint density at radius 1 is 0.889 bits per heavy atom. The highest BCUT2D eigenvalue weighted by atomic mass is 32.1. The zero-order chi connectivity index (χ0) is 18.4. The van der Waals surface area contributed by atoms with Crippen molar-refractivity contribution in [1.29, 1.82) is 0 Å². The lowest BCUT2D eigenvalue weighted by Crippen LogP contribution is -2.11. The Labute approximate surface area is 158 Å². The van der Waals surface area contributed by atoms with E-state index >= 15 is 0 Å². The van der Waals surface area contributed by atoms with Gasteiger partial charge in [-0.1, -0.05) is 65.9 Å². The number of aromatic hydroxyl groups is 1. The van der Waals surface area contributed by atoms with Crippen LogP contribution < -0.4 is 5.32 Å². The van der Waals surface area contributed by atoms with Crippen LogP contribution in [0.25, 0.3) is 31.8 Å². The predicted octanol–water partition coefficient (Wildman–Crippen LogP) is 5.56. The molecule has 2 N–H and O–H groups in total. The van der Waals surface area contributed by atoms with Gasteiger partial charge in [0.15, 0.2) is 5.13 Å². The molecule has 0 radical (unpaired) electrons. The highest BCUT2D eigenvalue weighted by Crippen LogP contribution is 2.33. The first-order valence-electron chi connectivity index (χ1n) is 8.50. The van der Waals surface area contributed by atoms with Crippen molar-refractivity contribution in [3.63, 3.8) is 0 Å². The lowest BCUT2D eigenvalue weighted by molar-refractivity contribution is 0.102. The lowest BCUT2D eigenvalue weighted by atomic mass is 10.1. The molecule has 130 valence electrons. The summed E-state index contributed by atoms with van der Waals surface area (Å²) >= 11 is 1.43. The Hall–Kier alpha value is -3.44. The van der Waals surface area contributed by atoms with Gasteiger partial charge in [-0.15, -0.1) is 0 Å². The van der Waals surface area contributed by atoms with E-state index in [9.17, 15) is 9.90 Å². The van der Waals surface area contributed by atoms with Crippen LogP contribution in [0.5, 0.6) is 5.75 Å². The first kappa shape index (κ1) is 15.8. The molecule has 0 saturated carbocycles. The third-order valence-electron chi connectivity index (χ3n) is 4.61. The van der Waals surface area contributed by atoms with E-state index in [-0.39, 0.29) is 17.2 Å². The molecule has 5 rings (SSSR count). The monoisotopic (exact) mass is 370 g/mol. The maximum Gasteiger partial charge on any atom is 0.261 e. The van der Waals surface area contributed by atoms with Crippen LogP contribution in [0, 0.1) is 0 Å². The van der Waals surface area contributed by atoms with Crippen LogP contribution in [0.15, 0.2) is 72.8 Å². The molecule has 0 unspecified atom stereocenters. The second-order valence-electron chi connectivity index (χ2n) is 6.32. The first-order valence-corrected chi connectivity index (χ1v) is 9.32. The van der Waals surface area contributed by atoms with E-state index < -0.39 is 0 Å². The summed E-state index contributed by atoms with van der Waals surface area (Å²) in [4.78, 5) is 17.2. The summed E-state index contributed by atoms with van der Waals surface area (Å²) in [5, 5.41) is 17.6. The molecule has 0 saturated heterocycles. The number of amides is 1. The van der Waals surface area contributed by atoms with E-state index in [0.717, 1.165) is 31.8 Å². The Balaban J connectivity index is 1.54. The van der Waals surface area contributed by atoms with Crippen molar-refractivity contribution in [3.05, 3.63) is 78.4 Å².